The summed E-state index contributed by atoms with van der Waals surface area (Å²) in [7, 11) is 1.55. The summed E-state index contributed by atoms with van der Waals surface area (Å²) in [5, 5.41) is 0.171. The molecule has 8 nitrogen and oxygen atoms in total. The van der Waals surface area contributed by atoms with Crippen LogP contribution in [0.15, 0.2) is 10.9 Å². The van der Waals surface area contributed by atoms with Crippen LogP contribution >= 0.6 is 0 Å². The molecule has 1 amide bonds. The number of aromatic nitrogens is 3. The van der Waals surface area contributed by atoms with Gasteiger partial charge >= 0.3 is 0 Å². The summed E-state index contributed by atoms with van der Waals surface area (Å²) in [5.41, 5.74) is 10.5. The lowest BCUT2D eigenvalue weighted by Crippen LogP contribution is -2.18. The van der Waals surface area contributed by atoms with Crippen molar-refractivity contribution in [3.63, 3.8) is 0 Å². The Bertz CT molecular complexity index is 695. The molecule has 0 aliphatic heterocycles. The van der Waals surface area contributed by atoms with Crippen molar-refractivity contribution in [2.45, 2.75) is 6.42 Å². The minimum Gasteiger partial charge on any atom is -0.384 e. The molecular weight excluding hydrogens is 250 g/mol. The quantitative estimate of drug-likeness (QED) is 0.659. The fourth-order valence-corrected chi connectivity index (χ4v) is 1.64. The van der Waals surface area contributed by atoms with Crippen LogP contribution in [0.25, 0.3) is 11.0 Å². The lowest BCUT2D eigenvalue weighted by Gasteiger charge is -2.05. The molecule has 2 heterocycles. The SMILES string of the molecule is COCCc1nc2nc(N)c(C(N)=O)cc2c(=O)[nH]1. The first-order valence-corrected chi connectivity index (χ1v) is 5.51. The molecule has 0 saturated heterocycles. The predicted molar refractivity (Wildman–Crippen MR) is 68.7 cm³/mol. The van der Waals surface area contributed by atoms with Gasteiger partial charge in [0.2, 0.25) is 0 Å². The molecule has 19 heavy (non-hydrogen) atoms. The summed E-state index contributed by atoms with van der Waals surface area (Å²) in [6.07, 6.45) is 0.445. The van der Waals surface area contributed by atoms with Gasteiger partial charge in [-0.05, 0) is 6.07 Å². The average molecular weight is 263 g/mol. The lowest BCUT2D eigenvalue weighted by atomic mass is 10.2. The van der Waals surface area contributed by atoms with Crippen molar-refractivity contribution in [2.24, 2.45) is 5.73 Å². The van der Waals surface area contributed by atoms with E-state index in [9.17, 15) is 9.59 Å². The molecule has 0 fully saturated rings. The highest BCUT2D eigenvalue weighted by Gasteiger charge is 2.12. The highest BCUT2D eigenvalue weighted by molar-refractivity contribution is 6.00. The fraction of sp³-hybridized carbons (Fsp3) is 0.273. The predicted octanol–water partition coefficient (Wildman–Crippen LogP) is -0.812. The third-order valence-electron chi connectivity index (χ3n) is 2.58. The molecule has 0 aromatic carbocycles. The molecule has 8 heteroatoms. The standard InChI is InChI=1S/C11H13N5O3/c1-19-3-2-7-14-10-6(11(18)15-7)4-5(9(13)17)8(12)16-10/h4H,2-3H2,1H3,(H2,13,17)(H3,12,14,15,16,18). The van der Waals surface area contributed by atoms with E-state index < -0.39 is 11.5 Å². The number of pyridine rings is 1. The minimum absolute atomic E-state index is 0.00411. The number of aromatic amines is 1. The number of rotatable bonds is 4. The summed E-state index contributed by atoms with van der Waals surface area (Å²) in [6.45, 7) is 0.420. The maximum absolute atomic E-state index is 11.9. The van der Waals surface area contributed by atoms with Crippen molar-refractivity contribution in [3.8, 4) is 0 Å². The maximum atomic E-state index is 11.9. The highest BCUT2D eigenvalue weighted by Crippen LogP contribution is 2.13. The minimum atomic E-state index is -0.741. The van der Waals surface area contributed by atoms with Gasteiger partial charge in [-0.15, -0.1) is 0 Å². The van der Waals surface area contributed by atoms with Gasteiger partial charge in [-0.2, -0.15) is 0 Å². The molecule has 0 radical (unpaired) electrons. The van der Waals surface area contributed by atoms with Crippen LogP contribution in [0.5, 0.6) is 0 Å². The molecule has 0 bridgehead atoms. The van der Waals surface area contributed by atoms with Crippen molar-refractivity contribution in [3.05, 3.63) is 27.8 Å². The molecule has 0 unspecified atom stereocenters. The van der Waals surface area contributed by atoms with Gasteiger partial charge in [0.15, 0.2) is 5.65 Å². The zero-order valence-corrected chi connectivity index (χ0v) is 10.3. The van der Waals surface area contributed by atoms with E-state index in [-0.39, 0.29) is 22.4 Å². The lowest BCUT2D eigenvalue weighted by molar-refractivity contribution is 0.100. The Balaban J connectivity index is 2.60. The first-order chi connectivity index (χ1) is 9.02. The van der Waals surface area contributed by atoms with Crippen molar-refractivity contribution < 1.29 is 9.53 Å². The van der Waals surface area contributed by atoms with Crippen molar-refractivity contribution >= 4 is 22.8 Å². The average Bonchev–Trinajstić information content (AvgIpc) is 2.35. The Morgan fingerprint density at radius 3 is 2.84 bits per heavy atom. The number of amides is 1. The van der Waals surface area contributed by atoms with Gasteiger partial charge in [0.25, 0.3) is 11.5 Å². The number of nitrogens with one attached hydrogen (secondary N) is 1. The first kappa shape index (κ1) is 13.0. The van der Waals surface area contributed by atoms with Crippen LogP contribution in [-0.2, 0) is 11.2 Å². The van der Waals surface area contributed by atoms with Crippen molar-refractivity contribution in [1.82, 2.24) is 15.0 Å². The summed E-state index contributed by atoms with van der Waals surface area (Å²) in [5.74, 6) is -0.344. The number of nitrogens with zero attached hydrogens (tertiary/aromatic N) is 2. The van der Waals surface area contributed by atoms with Crippen LogP contribution < -0.4 is 17.0 Å². The van der Waals surface area contributed by atoms with E-state index in [1.165, 1.54) is 6.07 Å². The molecule has 2 aromatic rings. The van der Waals surface area contributed by atoms with E-state index in [1.54, 1.807) is 7.11 Å². The van der Waals surface area contributed by atoms with E-state index >= 15 is 0 Å². The zero-order valence-electron chi connectivity index (χ0n) is 10.3. The number of nitrogen functional groups attached to an aromatic ring is 1. The number of H-pyrrole nitrogens is 1. The van der Waals surface area contributed by atoms with Crippen LogP contribution in [0.4, 0.5) is 5.82 Å². The van der Waals surface area contributed by atoms with Crippen molar-refractivity contribution in [1.29, 1.82) is 0 Å². The number of carbonyl (C=O) groups excluding carboxylic acids is 1. The molecule has 0 saturated carbocycles. The Hall–Kier alpha value is -2.48. The Kier molecular flexibility index (Phi) is 3.43. The van der Waals surface area contributed by atoms with Gasteiger partial charge in [-0.1, -0.05) is 0 Å². The van der Waals surface area contributed by atoms with E-state index in [0.29, 0.717) is 18.9 Å². The molecule has 0 aliphatic rings. The number of nitrogens with two attached hydrogens (primary N) is 2. The number of primary amides is 1. The third-order valence-corrected chi connectivity index (χ3v) is 2.58. The smallest absolute Gasteiger partial charge is 0.260 e. The van der Waals surface area contributed by atoms with Crippen molar-refractivity contribution in [2.75, 3.05) is 19.5 Å². The van der Waals surface area contributed by atoms with Gasteiger partial charge in [0.1, 0.15) is 11.6 Å². The summed E-state index contributed by atoms with van der Waals surface area (Å²) >= 11 is 0. The zero-order chi connectivity index (χ0) is 14.0. The number of methoxy groups -OCH3 is 1. The van der Waals surface area contributed by atoms with Crippen LogP contribution in [0, 0.1) is 0 Å². The summed E-state index contributed by atoms with van der Waals surface area (Å²) in [6, 6.07) is 1.30. The number of carbonyl (C=O) groups is 1. The molecule has 0 spiro atoms. The van der Waals surface area contributed by atoms with Gasteiger partial charge in [-0.25, -0.2) is 9.97 Å². The van der Waals surface area contributed by atoms with Gasteiger partial charge in [0.05, 0.1) is 17.6 Å². The normalized spacial score (nSPS) is 10.8. The molecule has 2 aromatic heterocycles. The molecule has 5 N–H and O–H groups in total. The van der Waals surface area contributed by atoms with Gasteiger partial charge < -0.3 is 21.2 Å². The molecule has 100 valence electrons. The van der Waals surface area contributed by atoms with Crippen LogP contribution in [0.1, 0.15) is 16.2 Å². The Labute approximate surface area is 107 Å². The van der Waals surface area contributed by atoms with Gasteiger partial charge in [-0.3, -0.25) is 9.59 Å². The topological polar surface area (TPSA) is 137 Å². The maximum Gasteiger partial charge on any atom is 0.260 e. The first-order valence-electron chi connectivity index (χ1n) is 5.51. The second-order valence-electron chi connectivity index (χ2n) is 3.91. The number of fused-ring (bicyclic) bond motifs is 1. The van der Waals surface area contributed by atoms with Crippen LogP contribution in [0.3, 0.4) is 0 Å². The number of anilines is 1. The number of hydrogen-bond donors (Lipinski definition) is 3. The molecule has 0 aliphatic carbocycles. The monoisotopic (exact) mass is 263 g/mol. The second kappa shape index (κ2) is 5.02. The molecular formula is C11H13N5O3. The van der Waals surface area contributed by atoms with E-state index in [2.05, 4.69) is 15.0 Å². The highest BCUT2D eigenvalue weighted by atomic mass is 16.5. The van der Waals surface area contributed by atoms with Crippen LogP contribution in [0.2, 0.25) is 0 Å². The molecule has 0 atom stereocenters. The van der Waals surface area contributed by atoms with Gasteiger partial charge in [0, 0.05) is 13.5 Å². The number of hydrogen-bond acceptors (Lipinski definition) is 6. The molecule has 2 rings (SSSR count). The Morgan fingerprint density at radius 1 is 1.47 bits per heavy atom. The third kappa shape index (κ3) is 2.52. The van der Waals surface area contributed by atoms with E-state index in [1.807, 2.05) is 0 Å². The largest absolute Gasteiger partial charge is 0.384 e. The second-order valence-corrected chi connectivity index (χ2v) is 3.91. The van der Waals surface area contributed by atoms with E-state index in [0.717, 1.165) is 0 Å². The van der Waals surface area contributed by atoms with E-state index in [4.69, 9.17) is 16.2 Å². The number of ether oxygens (including phenoxy) is 1. The summed E-state index contributed by atoms with van der Waals surface area (Å²) in [4.78, 5) is 33.7. The fourth-order valence-electron chi connectivity index (χ4n) is 1.64. The van der Waals surface area contributed by atoms with Crippen LogP contribution in [-0.4, -0.2) is 34.6 Å². The summed E-state index contributed by atoms with van der Waals surface area (Å²) < 4.78 is 4.90. The Morgan fingerprint density at radius 2 is 2.21 bits per heavy atom.